The number of alkyl halides is 3. The molecular weight excluding hydrogens is 437 g/mol. The van der Waals surface area contributed by atoms with E-state index in [1.165, 1.54) is 18.3 Å². The summed E-state index contributed by atoms with van der Waals surface area (Å²) in [5.41, 5.74) is 4.02. The molecule has 1 aromatic heterocycles. The fourth-order valence-corrected chi connectivity index (χ4v) is 4.32. The molecule has 1 saturated heterocycles. The number of carboxylic acid groups (broad SMARTS) is 1. The number of ether oxygens (including phenoxy) is 2. The van der Waals surface area contributed by atoms with E-state index in [9.17, 15) is 18.0 Å². The summed E-state index contributed by atoms with van der Waals surface area (Å²) in [7, 11) is 1.38. The van der Waals surface area contributed by atoms with Crippen LogP contribution in [0.5, 0.6) is 11.5 Å². The minimum Gasteiger partial charge on any atom is -0.495 e. The van der Waals surface area contributed by atoms with Crippen molar-refractivity contribution in [2.24, 2.45) is 5.92 Å². The van der Waals surface area contributed by atoms with Gasteiger partial charge in [-0.05, 0) is 54.7 Å². The molecule has 4 rings (SSSR count). The van der Waals surface area contributed by atoms with Gasteiger partial charge in [-0.2, -0.15) is 13.2 Å². The van der Waals surface area contributed by atoms with Crippen LogP contribution in [0.1, 0.15) is 35.7 Å². The van der Waals surface area contributed by atoms with Gasteiger partial charge in [0.1, 0.15) is 23.8 Å². The number of rotatable bonds is 7. The first-order valence-corrected chi connectivity index (χ1v) is 10.7. The average Bonchev–Trinajstić information content (AvgIpc) is 2.74. The SMILES string of the molecule is COc1cnc(C(F)(F)F)cc1COc1ccc2c(c1)CCC(CN1CC(C(=O)O)C1)=C2C. The molecule has 2 aliphatic rings. The number of halogens is 3. The number of hydrogen-bond acceptors (Lipinski definition) is 5. The van der Waals surface area contributed by atoms with E-state index < -0.39 is 17.8 Å². The third-order valence-corrected chi connectivity index (χ3v) is 6.28. The zero-order valence-corrected chi connectivity index (χ0v) is 18.4. The van der Waals surface area contributed by atoms with E-state index in [0.717, 1.165) is 42.8 Å². The Hall–Kier alpha value is -3.07. The van der Waals surface area contributed by atoms with Crippen LogP contribution in [0.15, 0.2) is 36.0 Å². The second-order valence-corrected chi connectivity index (χ2v) is 8.44. The van der Waals surface area contributed by atoms with Crippen molar-refractivity contribution in [3.05, 3.63) is 58.4 Å². The summed E-state index contributed by atoms with van der Waals surface area (Å²) in [5.74, 6) is -0.199. The maximum absolute atomic E-state index is 13.0. The van der Waals surface area contributed by atoms with Crippen LogP contribution in [-0.2, 0) is 24.0 Å². The highest BCUT2D eigenvalue weighted by Gasteiger charge is 2.34. The van der Waals surface area contributed by atoms with E-state index in [1.54, 1.807) is 0 Å². The molecule has 33 heavy (non-hydrogen) atoms. The summed E-state index contributed by atoms with van der Waals surface area (Å²) in [6.45, 7) is 3.94. The molecule has 1 fully saturated rings. The van der Waals surface area contributed by atoms with E-state index in [4.69, 9.17) is 14.6 Å². The van der Waals surface area contributed by atoms with Crippen LogP contribution >= 0.6 is 0 Å². The molecule has 0 spiro atoms. The average molecular weight is 462 g/mol. The Morgan fingerprint density at radius 2 is 2.00 bits per heavy atom. The fourth-order valence-electron chi connectivity index (χ4n) is 4.32. The normalized spacial score (nSPS) is 16.9. The highest BCUT2D eigenvalue weighted by atomic mass is 19.4. The molecule has 0 atom stereocenters. The smallest absolute Gasteiger partial charge is 0.433 e. The highest BCUT2D eigenvalue weighted by Crippen LogP contribution is 2.35. The Kier molecular flexibility index (Phi) is 6.34. The first-order valence-electron chi connectivity index (χ1n) is 10.7. The Morgan fingerprint density at radius 3 is 2.67 bits per heavy atom. The molecule has 1 aromatic carbocycles. The van der Waals surface area contributed by atoms with Crippen LogP contribution in [0.4, 0.5) is 13.2 Å². The molecule has 9 heteroatoms. The number of nitrogens with zero attached hydrogens (tertiary/aromatic N) is 2. The molecule has 0 radical (unpaired) electrons. The lowest BCUT2D eigenvalue weighted by atomic mass is 9.85. The molecule has 2 heterocycles. The molecule has 6 nitrogen and oxygen atoms in total. The van der Waals surface area contributed by atoms with Gasteiger partial charge < -0.3 is 14.6 Å². The molecule has 0 saturated carbocycles. The van der Waals surface area contributed by atoms with Crippen molar-refractivity contribution in [3.63, 3.8) is 0 Å². The van der Waals surface area contributed by atoms with E-state index in [1.807, 2.05) is 18.2 Å². The fraction of sp³-hybridized carbons (Fsp3) is 0.417. The van der Waals surface area contributed by atoms with Crippen molar-refractivity contribution in [1.82, 2.24) is 9.88 Å². The van der Waals surface area contributed by atoms with Gasteiger partial charge in [-0.3, -0.25) is 9.69 Å². The van der Waals surface area contributed by atoms with Gasteiger partial charge in [0.15, 0.2) is 0 Å². The molecule has 2 aromatic rings. The van der Waals surface area contributed by atoms with Crippen LogP contribution in [0, 0.1) is 5.92 Å². The third-order valence-electron chi connectivity index (χ3n) is 6.28. The molecule has 0 unspecified atom stereocenters. The van der Waals surface area contributed by atoms with Crippen LogP contribution in [0.2, 0.25) is 0 Å². The van der Waals surface area contributed by atoms with Gasteiger partial charge in [0.25, 0.3) is 0 Å². The zero-order valence-electron chi connectivity index (χ0n) is 18.4. The van der Waals surface area contributed by atoms with E-state index in [0.29, 0.717) is 18.8 Å². The molecule has 176 valence electrons. The van der Waals surface area contributed by atoms with Gasteiger partial charge in [0, 0.05) is 25.2 Å². The molecular formula is C24H25F3N2O4. The number of methoxy groups -OCH3 is 1. The number of fused-ring (bicyclic) bond motifs is 1. The summed E-state index contributed by atoms with van der Waals surface area (Å²) in [6, 6.07) is 6.66. The minimum atomic E-state index is -4.54. The first kappa shape index (κ1) is 23.1. The van der Waals surface area contributed by atoms with Crippen molar-refractivity contribution in [1.29, 1.82) is 0 Å². The molecule has 0 bridgehead atoms. The number of carbonyl (C=O) groups is 1. The van der Waals surface area contributed by atoms with Crippen molar-refractivity contribution in [2.75, 3.05) is 26.7 Å². The maximum Gasteiger partial charge on any atom is 0.433 e. The van der Waals surface area contributed by atoms with Gasteiger partial charge in [0.05, 0.1) is 19.2 Å². The number of aliphatic carboxylic acids is 1. The number of benzene rings is 1. The first-order chi connectivity index (χ1) is 15.7. The van der Waals surface area contributed by atoms with Crippen LogP contribution in [-0.4, -0.2) is 47.7 Å². The van der Waals surface area contributed by atoms with Crippen molar-refractivity contribution < 1.29 is 32.5 Å². The van der Waals surface area contributed by atoms with Gasteiger partial charge in [0.2, 0.25) is 0 Å². The summed E-state index contributed by atoms with van der Waals surface area (Å²) >= 11 is 0. The number of likely N-dealkylation sites (tertiary alicyclic amines) is 1. The zero-order chi connectivity index (χ0) is 23.8. The largest absolute Gasteiger partial charge is 0.495 e. The van der Waals surface area contributed by atoms with Gasteiger partial charge in [-0.1, -0.05) is 11.6 Å². The molecule has 0 amide bonds. The summed E-state index contributed by atoms with van der Waals surface area (Å²) in [4.78, 5) is 16.6. The third kappa shape index (κ3) is 4.98. The molecule has 1 N–H and O–H groups in total. The number of hydrogen-bond donors (Lipinski definition) is 1. The highest BCUT2D eigenvalue weighted by molar-refractivity contribution is 5.73. The molecule has 1 aliphatic heterocycles. The van der Waals surface area contributed by atoms with Crippen LogP contribution in [0.25, 0.3) is 5.57 Å². The van der Waals surface area contributed by atoms with Crippen molar-refractivity contribution >= 4 is 11.5 Å². The number of allylic oxidation sites excluding steroid dienone is 1. The Morgan fingerprint density at radius 1 is 1.24 bits per heavy atom. The van der Waals surface area contributed by atoms with Crippen LogP contribution < -0.4 is 9.47 Å². The predicted molar refractivity (Wildman–Crippen MR) is 115 cm³/mol. The van der Waals surface area contributed by atoms with Gasteiger partial charge >= 0.3 is 12.1 Å². The van der Waals surface area contributed by atoms with E-state index in [-0.39, 0.29) is 23.8 Å². The Balaban J connectivity index is 1.45. The number of aromatic nitrogens is 1. The second-order valence-electron chi connectivity index (χ2n) is 8.44. The number of aryl methyl sites for hydroxylation is 1. The number of pyridine rings is 1. The van der Waals surface area contributed by atoms with E-state index in [2.05, 4.69) is 16.8 Å². The predicted octanol–water partition coefficient (Wildman–Crippen LogP) is 4.42. The molecule has 1 aliphatic carbocycles. The standard InChI is InChI=1S/C24H25F3N2O4/c1-14-16(10-29-11-18(12-29)23(30)31)4-3-15-7-19(5-6-20(14)15)33-13-17-8-22(24(25,26)27)28-9-21(17)32-2/h5-9,18H,3-4,10-13H2,1-2H3,(H,30,31). The van der Waals surface area contributed by atoms with Crippen LogP contribution in [0.3, 0.4) is 0 Å². The minimum absolute atomic E-state index is 0.0761. The maximum atomic E-state index is 13.0. The van der Waals surface area contributed by atoms with Gasteiger partial charge in [-0.15, -0.1) is 0 Å². The van der Waals surface area contributed by atoms with Crippen molar-refractivity contribution in [3.8, 4) is 11.5 Å². The van der Waals surface area contributed by atoms with Crippen molar-refractivity contribution in [2.45, 2.75) is 32.5 Å². The Labute approximate surface area is 189 Å². The monoisotopic (exact) mass is 462 g/mol. The Bertz CT molecular complexity index is 1090. The summed E-state index contributed by atoms with van der Waals surface area (Å²) in [5, 5.41) is 9.05. The van der Waals surface area contributed by atoms with E-state index >= 15 is 0 Å². The lowest BCUT2D eigenvalue weighted by Crippen LogP contribution is -2.50. The lowest BCUT2D eigenvalue weighted by Gasteiger charge is -2.38. The summed E-state index contributed by atoms with van der Waals surface area (Å²) < 4.78 is 49.9. The lowest BCUT2D eigenvalue weighted by molar-refractivity contribution is -0.147. The summed E-state index contributed by atoms with van der Waals surface area (Å²) in [6.07, 6.45) is -1.78. The second kappa shape index (κ2) is 9.05. The topological polar surface area (TPSA) is 71.9 Å². The van der Waals surface area contributed by atoms with Gasteiger partial charge in [-0.25, -0.2) is 4.98 Å². The quantitative estimate of drug-likeness (QED) is 0.657. The number of carboxylic acids is 1.